The molecule has 0 aromatic heterocycles. The second-order valence-corrected chi connectivity index (χ2v) is 8.06. The third kappa shape index (κ3) is 5.08. The second kappa shape index (κ2) is 8.84. The predicted molar refractivity (Wildman–Crippen MR) is 113 cm³/mol. The van der Waals surface area contributed by atoms with Gasteiger partial charge in [-0.25, -0.2) is 9.69 Å². The van der Waals surface area contributed by atoms with Gasteiger partial charge in [0.05, 0.1) is 13.8 Å². The van der Waals surface area contributed by atoms with E-state index in [-0.39, 0.29) is 18.6 Å². The Hall–Kier alpha value is -2.57. The van der Waals surface area contributed by atoms with E-state index in [1.165, 1.54) is 4.90 Å². The van der Waals surface area contributed by atoms with E-state index in [1.807, 2.05) is 60.5 Å². The molecule has 1 heterocycles. The zero-order valence-corrected chi connectivity index (χ0v) is 17.7. The third-order valence-corrected chi connectivity index (χ3v) is 5.42. The van der Waals surface area contributed by atoms with Crippen LogP contribution in [0.25, 0.3) is 0 Å². The van der Waals surface area contributed by atoms with Gasteiger partial charge in [0.25, 0.3) is 5.91 Å². The van der Waals surface area contributed by atoms with E-state index in [1.54, 1.807) is 14.0 Å². The number of carbonyl (C=O) groups is 2. The van der Waals surface area contributed by atoms with Crippen LogP contribution in [0.1, 0.15) is 24.5 Å². The van der Waals surface area contributed by atoms with Crippen LogP contribution < -0.4 is 10.1 Å². The highest BCUT2D eigenvalue weighted by atomic mass is 35.5. The number of benzene rings is 2. The van der Waals surface area contributed by atoms with Crippen molar-refractivity contribution in [3.63, 3.8) is 0 Å². The standard InChI is InChI=1S/C22H26ClN3O3/c1-22(13-12-16-6-10-19(29-3)11-7-16)20(27)26(21(28)24-22)15-25(2)14-17-4-8-18(23)9-5-17/h4-11H,12-15H2,1-3H3,(H,24,28)/t22-/m1/s1. The van der Waals surface area contributed by atoms with E-state index in [2.05, 4.69) is 5.32 Å². The average molecular weight is 416 g/mol. The molecule has 0 radical (unpaired) electrons. The molecule has 0 aliphatic carbocycles. The molecule has 1 atom stereocenters. The number of ether oxygens (including phenoxy) is 1. The van der Waals surface area contributed by atoms with Crippen LogP contribution in [0.5, 0.6) is 5.75 Å². The van der Waals surface area contributed by atoms with Gasteiger partial charge in [0.1, 0.15) is 11.3 Å². The Morgan fingerprint density at radius 3 is 2.31 bits per heavy atom. The molecule has 154 valence electrons. The van der Waals surface area contributed by atoms with Crippen LogP contribution in [0.4, 0.5) is 4.79 Å². The van der Waals surface area contributed by atoms with Gasteiger partial charge < -0.3 is 10.1 Å². The van der Waals surface area contributed by atoms with Gasteiger partial charge in [-0.1, -0.05) is 35.9 Å². The maximum atomic E-state index is 13.0. The lowest BCUT2D eigenvalue weighted by Crippen LogP contribution is -2.45. The zero-order valence-electron chi connectivity index (χ0n) is 16.9. The van der Waals surface area contributed by atoms with Gasteiger partial charge in [-0.3, -0.25) is 9.69 Å². The molecule has 1 fully saturated rings. The van der Waals surface area contributed by atoms with Gasteiger partial charge >= 0.3 is 6.03 Å². The molecule has 1 N–H and O–H groups in total. The quantitative estimate of drug-likeness (QED) is 0.668. The van der Waals surface area contributed by atoms with Crippen LogP contribution in [-0.4, -0.2) is 48.1 Å². The number of amides is 3. The van der Waals surface area contributed by atoms with Gasteiger partial charge in [-0.05, 0) is 62.2 Å². The van der Waals surface area contributed by atoms with Crippen LogP contribution in [-0.2, 0) is 17.8 Å². The number of rotatable bonds is 8. The Bertz CT molecular complexity index is 870. The normalized spacial score (nSPS) is 19.0. The molecule has 0 saturated carbocycles. The topological polar surface area (TPSA) is 61.9 Å². The van der Waals surface area contributed by atoms with E-state index in [9.17, 15) is 9.59 Å². The number of nitrogens with zero attached hydrogens (tertiary/aromatic N) is 2. The summed E-state index contributed by atoms with van der Waals surface area (Å²) in [5.74, 6) is 0.596. The molecular formula is C22H26ClN3O3. The molecule has 2 aromatic rings. The Morgan fingerprint density at radius 1 is 1.07 bits per heavy atom. The van der Waals surface area contributed by atoms with Gasteiger partial charge in [0.15, 0.2) is 0 Å². The summed E-state index contributed by atoms with van der Waals surface area (Å²) in [7, 11) is 3.50. The lowest BCUT2D eigenvalue weighted by atomic mass is 9.93. The van der Waals surface area contributed by atoms with Crippen molar-refractivity contribution in [3.05, 3.63) is 64.7 Å². The summed E-state index contributed by atoms with van der Waals surface area (Å²) in [6.07, 6.45) is 1.21. The molecule has 0 spiro atoms. The molecule has 0 bridgehead atoms. The van der Waals surface area contributed by atoms with Gasteiger partial charge in [0.2, 0.25) is 0 Å². The molecule has 2 aromatic carbocycles. The molecule has 6 nitrogen and oxygen atoms in total. The molecule has 29 heavy (non-hydrogen) atoms. The van der Waals surface area contributed by atoms with Gasteiger partial charge in [0, 0.05) is 11.6 Å². The molecule has 1 saturated heterocycles. The van der Waals surface area contributed by atoms with E-state index >= 15 is 0 Å². The lowest BCUT2D eigenvalue weighted by Gasteiger charge is -2.24. The van der Waals surface area contributed by atoms with Crippen LogP contribution in [0.3, 0.4) is 0 Å². The van der Waals surface area contributed by atoms with Crippen molar-refractivity contribution in [2.24, 2.45) is 0 Å². The summed E-state index contributed by atoms with van der Waals surface area (Å²) in [5, 5.41) is 3.55. The number of urea groups is 1. The number of halogens is 1. The van der Waals surface area contributed by atoms with Crippen molar-refractivity contribution in [1.29, 1.82) is 0 Å². The Kier molecular flexibility index (Phi) is 6.45. The van der Waals surface area contributed by atoms with Crippen molar-refractivity contribution in [2.75, 3.05) is 20.8 Å². The second-order valence-electron chi connectivity index (χ2n) is 7.63. The van der Waals surface area contributed by atoms with E-state index in [4.69, 9.17) is 16.3 Å². The SMILES string of the molecule is COc1ccc(CC[C@@]2(C)NC(=O)N(CN(C)Cc3ccc(Cl)cc3)C2=O)cc1. The Labute approximate surface area is 176 Å². The first kappa shape index (κ1) is 21.1. The fourth-order valence-electron chi connectivity index (χ4n) is 3.42. The predicted octanol–water partition coefficient (Wildman–Crippen LogP) is 3.68. The first-order valence-corrected chi connectivity index (χ1v) is 9.88. The van der Waals surface area contributed by atoms with Crippen molar-refractivity contribution in [3.8, 4) is 5.75 Å². The minimum atomic E-state index is -0.905. The summed E-state index contributed by atoms with van der Waals surface area (Å²) in [6.45, 7) is 2.62. The van der Waals surface area contributed by atoms with E-state index in [0.717, 1.165) is 16.9 Å². The maximum absolute atomic E-state index is 13.0. The summed E-state index contributed by atoms with van der Waals surface area (Å²) < 4.78 is 5.17. The summed E-state index contributed by atoms with van der Waals surface area (Å²) >= 11 is 5.92. The third-order valence-electron chi connectivity index (χ3n) is 5.17. The van der Waals surface area contributed by atoms with Crippen LogP contribution in [0.15, 0.2) is 48.5 Å². The molecule has 1 aliphatic rings. The van der Waals surface area contributed by atoms with Crippen LogP contribution in [0.2, 0.25) is 5.02 Å². The number of hydrogen-bond donors (Lipinski definition) is 1. The summed E-state index contributed by atoms with van der Waals surface area (Å²) in [4.78, 5) is 28.6. The van der Waals surface area contributed by atoms with Gasteiger partial charge in [-0.2, -0.15) is 0 Å². The summed E-state index contributed by atoms with van der Waals surface area (Å²) in [5.41, 5.74) is 1.25. The Morgan fingerprint density at radius 2 is 1.69 bits per heavy atom. The minimum absolute atomic E-state index is 0.195. The highest BCUT2D eigenvalue weighted by Crippen LogP contribution is 2.24. The number of nitrogens with one attached hydrogen (secondary N) is 1. The highest BCUT2D eigenvalue weighted by Gasteiger charge is 2.47. The first-order chi connectivity index (χ1) is 13.8. The lowest BCUT2D eigenvalue weighted by molar-refractivity contribution is -0.132. The highest BCUT2D eigenvalue weighted by molar-refractivity contribution is 6.30. The van der Waals surface area contributed by atoms with Crippen LogP contribution in [0, 0.1) is 0 Å². The maximum Gasteiger partial charge on any atom is 0.326 e. The van der Waals surface area contributed by atoms with Crippen LogP contribution >= 0.6 is 11.6 Å². The number of methoxy groups -OCH3 is 1. The van der Waals surface area contributed by atoms with Gasteiger partial charge in [-0.15, -0.1) is 0 Å². The molecule has 0 unspecified atom stereocenters. The fraction of sp³-hybridized carbons (Fsp3) is 0.364. The van der Waals surface area contributed by atoms with Crippen molar-refractivity contribution < 1.29 is 14.3 Å². The molecular weight excluding hydrogens is 390 g/mol. The first-order valence-electron chi connectivity index (χ1n) is 9.51. The van der Waals surface area contributed by atoms with E-state index in [0.29, 0.717) is 24.4 Å². The molecule has 3 amide bonds. The van der Waals surface area contributed by atoms with Crippen molar-refractivity contribution >= 4 is 23.5 Å². The fourth-order valence-corrected chi connectivity index (χ4v) is 3.55. The van der Waals surface area contributed by atoms with Crippen molar-refractivity contribution in [2.45, 2.75) is 31.8 Å². The largest absolute Gasteiger partial charge is 0.497 e. The van der Waals surface area contributed by atoms with Crippen molar-refractivity contribution in [1.82, 2.24) is 15.1 Å². The number of aryl methyl sites for hydroxylation is 1. The monoisotopic (exact) mass is 415 g/mol. The van der Waals surface area contributed by atoms with E-state index < -0.39 is 5.54 Å². The zero-order chi connectivity index (χ0) is 21.0. The molecule has 1 aliphatic heterocycles. The summed E-state index contributed by atoms with van der Waals surface area (Å²) in [6, 6.07) is 14.9. The number of imide groups is 1. The number of carbonyl (C=O) groups excluding carboxylic acids is 2. The molecule has 3 rings (SSSR count). The minimum Gasteiger partial charge on any atom is -0.497 e. The molecule has 7 heteroatoms. The average Bonchev–Trinajstić information content (AvgIpc) is 2.92. The number of hydrogen-bond acceptors (Lipinski definition) is 4. The smallest absolute Gasteiger partial charge is 0.326 e. The Balaban J connectivity index is 1.59.